The van der Waals surface area contributed by atoms with Gasteiger partial charge in [0.2, 0.25) is 11.8 Å². The molecule has 182 valence electrons. The van der Waals surface area contributed by atoms with Crippen molar-refractivity contribution < 1.29 is 14.0 Å². The van der Waals surface area contributed by atoms with E-state index in [-0.39, 0.29) is 35.0 Å². The third kappa shape index (κ3) is 5.32. The Morgan fingerprint density at radius 1 is 1.12 bits per heavy atom. The van der Waals surface area contributed by atoms with Gasteiger partial charge >= 0.3 is 0 Å². The number of benzene rings is 1. The smallest absolute Gasteiger partial charge is 0.239 e. The molecule has 3 aliphatic heterocycles. The van der Waals surface area contributed by atoms with Crippen LogP contribution in [0.3, 0.4) is 0 Å². The minimum absolute atomic E-state index is 0.00887. The summed E-state index contributed by atoms with van der Waals surface area (Å²) < 4.78 is 13.2. The molecule has 0 saturated carbocycles. The second kappa shape index (κ2) is 9.97. The molecular formula is C25H38FN5O2. The second-order valence-electron chi connectivity index (χ2n) is 10.3. The minimum Gasteiger partial charge on any atom is -0.369 e. The van der Waals surface area contributed by atoms with Crippen LogP contribution in [0.25, 0.3) is 0 Å². The second-order valence-corrected chi connectivity index (χ2v) is 10.3. The van der Waals surface area contributed by atoms with Crippen LogP contribution in [-0.4, -0.2) is 79.5 Å². The molecule has 0 unspecified atom stereocenters. The van der Waals surface area contributed by atoms with Gasteiger partial charge in [-0.3, -0.25) is 14.5 Å². The van der Waals surface area contributed by atoms with Gasteiger partial charge in [0.1, 0.15) is 5.82 Å². The first-order valence-electron chi connectivity index (χ1n) is 12.4. The summed E-state index contributed by atoms with van der Waals surface area (Å²) in [7, 11) is 0. The molecule has 8 heteroatoms. The highest BCUT2D eigenvalue weighted by molar-refractivity contribution is 5.86. The summed E-state index contributed by atoms with van der Waals surface area (Å²) in [4.78, 5) is 32.0. The number of piperidine rings is 1. The van der Waals surface area contributed by atoms with Gasteiger partial charge in [0.25, 0.3) is 0 Å². The summed E-state index contributed by atoms with van der Waals surface area (Å²) >= 11 is 0. The average molecular weight is 460 g/mol. The van der Waals surface area contributed by atoms with Crippen LogP contribution in [-0.2, 0) is 9.59 Å². The highest BCUT2D eigenvalue weighted by atomic mass is 19.1. The highest BCUT2D eigenvalue weighted by Crippen LogP contribution is 2.41. The number of nitrogens with one attached hydrogen (secondary N) is 1. The van der Waals surface area contributed by atoms with Crippen molar-refractivity contribution in [1.82, 2.24) is 15.1 Å². The molecule has 3 aliphatic rings. The van der Waals surface area contributed by atoms with Crippen LogP contribution < -0.4 is 16.0 Å². The summed E-state index contributed by atoms with van der Waals surface area (Å²) in [5, 5.41) is 3.24. The minimum atomic E-state index is -0.465. The Morgan fingerprint density at radius 2 is 1.76 bits per heavy atom. The van der Waals surface area contributed by atoms with Crippen molar-refractivity contribution in [2.45, 2.75) is 51.6 Å². The first kappa shape index (κ1) is 24.0. The Balaban J connectivity index is 1.21. The molecule has 3 fully saturated rings. The Hall–Kier alpha value is -2.19. The molecule has 1 spiro atoms. The fraction of sp³-hybridized carbons (Fsp3) is 0.680. The first-order valence-corrected chi connectivity index (χ1v) is 12.4. The fourth-order valence-electron chi connectivity index (χ4n) is 5.43. The number of likely N-dealkylation sites (tertiary alicyclic amines) is 1. The number of anilines is 1. The van der Waals surface area contributed by atoms with E-state index < -0.39 is 6.04 Å². The van der Waals surface area contributed by atoms with Gasteiger partial charge in [0.15, 0.2) is 0 Å². The molecule has 3 saturated heterocycles. The Labute approximate surface area is 196 Å². The van der Waals surface area contributed by atoms with Crippen LogP contribution in [0, 0.1) is 17.2 Å². The van der Waals surface area contributed by atoms with Crippen LogP contribution in [0.2, 0.25) is 0 Å². The lowest BCUT2D eigenvalue weighted by atomic mass is 9.75. The summed E-state index contributed by atoms with van der Waals surface area (Å²) in [6, 6.07) is 6.45. The lowest BCUT2D eigenvalue weighted by Crippen LogP contribution is -2.52. The quantitative estimate of drug-likeness (QED) is 0.678. The maximum Gasteiger partial charge on any atom is 0.239 e. The van der Waals surface area contributed by atoms with Crippen LogP contribution in [0.4, 0.5) is 10.1 Å². The van der Waals surface area contributed by atoms with E-state index in [1.54, 1.807) is 0 Å². The lowest BCUT2D eigenvalue weighted by Gasteiger charge is -2.39. The number of carbonyl (C=O) groups is 2. The first-order chi connectivity index (χ1) is 15.8. The molecule has 2 atom stereocenters. The van der Waals surface area contributed by atoms with E-state index >= 15 is 0 Å². The SMILES string of the molecule is CC(C)[C@H](N)C(=O)N1CCC2(CC1)C[C@H](CCN1CCN(c3ccc(F)cc3)CC1)NC2=O. The van der Waals surface area contributed by atoms with Crippen LogP contribution in [0.5, 0.6) is 0 Å². The normalized spacial score (nSPS) is 24.4. The van der Waals surface area contributed by atoms with E-state index in [4.69, 9.17) is 5.73 Å². The van der Waals surface area contributed by atoms with E-state index in [2.05, 4.69) is 15.1 Å². The topological polar surface area (TPSA) is 81.9 Å². The summed E-state index contributed by atoms with van der Waals surface area (Å²) in [5.74, 6) is 0.0822. The molecular weight excluding hydrogens is 421 g/mol. The molecule has 3 heterocycles. The number of hydrogen-bond acceptors (Lipinski definition) is 5. The van der Waals surface area contributed by atoms with Crippen LogP contribution in [0.1, 0.15) is 39.5 Å². The lowest BCUT2D eigenvalue weighted by molar-refractivity contribution is -0.140. The number of hydrogen-bond donors (Lipinski definition) is 2. The summed E-state index contributed by atoms with van der Waals surface area (Å²) in [5.41, 5.74) is 6.79. The van der Waals surface area contributed by atoms with Crippen molar-refractivity contribution in [1.29, 1.82) is 0 Å². The average Bonchev–Trinajstić information content (AvgIpc) is 3.12. The van der Waals surface area contributed by atoms with Crippen molar-refractivity contribution >= 4 is 17.5 Å². The van der Waals surface area contributed by atoms with E-state index in [0.717, 1.165) is 64.1 Å². The van der Waals surface area contributed by atoms with E-state index in [1.807, 2.05) is 30.9 Å². The zero-order valence-electron chi connectivity index (χ0n) is 19.9. The zero-order valence-corrected chi connectivity index (χ0v) is 19.9. The number of nitrogens with two attached hydrogens (primary N) is 1. The van der Waals surface area contributed by atoms with Gasteiger partial charge in [-0.15, -0.1) is 0 Å². The Kier molecular flexibility index (Phi) is 7.24. The van der Waals surface area contributed by atoms with Gasteiger partial charge in [-0.05, 0) is 55.9 Å². The number of carbonyl (C=O) groups excluding carboxylic acids is 2. The molecule has 7 nitrogen and oxygen atoms in total. The Bertz CT molecular complexity index is 830. The fourth-order valence-corrected chi connectivity index (χ4v) is 5.43. The van der Waals surface area contributed by atoms with Crippen molar-refractivity contribution in [3.8, 4) is 0 Å². The van der Waals surface area contributed by atoms with Crippen LogP contribution >= 0.6 is 0 Å². The molecule has 33 heavy (non-hydrogen) atoms. The number of nitrogens with zero attached hydrogens (tertiary/aromatic N) is 3. The number of rotatable bonds is 6. The van der Waals surface area contributed by atoms with Gasteiger partial charge < -0.3 is 20.9 Å². The van der Waals surface area contributed by atoms with Crippen LogP contribution in [0.15, 0.2) is 24.3 Å². The molecule has 2 amide bonds. The van der Waals surface area contributed by atoms with Crippen molar-refractivity contribution in [2.75, 3.05) is 50.7 Å². The van der Waals surface area contributed by atoms with Gasteiger partial charge in [-0.25, -0.2) is 4.39 Å². The van der Waals surface area contributed by atoms with Gasteiger partial charge in [0.05, 0.1) is 11.5 Å². The van der Waals surface area contributed by atoms with Crippen molar-refractivity contribution in [3.63, 3.8) is 0 Å². The van der Waals surface area contributed by atoms with Crippen molar-refractivity contribution in [2.24, 2.45) is 17.1 Å². The molecule has 1 aromatic rings. The highest BCUT2D eigenvalue weighted by Gasteiger charge is 2.48. The number of piperazine rings is 1. The summed E-state index contributed by atoms with van der Waals surface area (Å²) in [6.07, 6.45) is 3.26. The molecule has 0 bridgehead atoms. The third-order valence-corrected chi connectivity index (χ3v) is 7.85. The molecule has 1 aromatic carbocycles. The van der Waals surface area contributed by atoms with E-state index in [0.29, 0.717) is 13.1 Å². The number of halogens is 1. The van der Waals surface area contributed by atoms with E-state index in [1.165, 1.54) is 12.1 Å². The largest absolute Gasteiger partial charge is 0.369 e. The van der Waals surface area contributed by atoms with Gasteiger partial charge in [-0.2, -0.15) is 0 Å². The maximum absolute atomic E-state index is 13.2. The third-order valence-electron chi connectivity index (χ3n) is 7.85. The predicted octanol–water partition coefficient (Wildman–Crippen LogP) is 1.82. The standard InChI is InChI=1S/C25H38FN5O2/c1-18(2)22(27)23(32)31-11-8-25(9-12-31)17-20(28-24(25)33)7-10-29-13-15-30(16-14-29)21-5-3-19(26)4-6-21/h3-6,18,20,22H,7-17,27H2,1-2H3,(H,28,33)/t20-,22-/m0/s1. The molecule has 0 aromatic heterocycles. The molecule has 4 rings (SSSR count). The van der Waals surface area contributed by atoms with E-state index in [9.17, 15) is 14.0 Å². The monoisotopic (exact) mass is 459 g/mol. The Morgan fingerprint density at radius 3 is 2.36 bits per heavy atom. The van der Waals surface area contributed by atoms with Gasteiger partial charge in [-0.1, -0.05) is 13.8 Å². The predicted molar refractivity (Wildman–Crippen MR) is 127 cm³/mol. The zero-order chi connectivity index (χ0) is 23.6. The van der Waals surface area contributed by atoms with Crippen molar-refractivity contribution in [3.05, 3.63) is 30.1 Å². The molecule has 3 N–H and O–H groups in total. The molecule has 0 radical (unpaired) electrons. The van der Waals surface area contributed by atoms with Gasteiger partial charge in [0, 0.05) is 57.5 Å². The number of amides is 2. The maximum atomic E-state index is 13.2. The molecule has 0 aliphatic carbocycles. The summed E-state index contributed by atoms with van der Waals surface area (Å²) in [6.45, 7) is 9.91.